The quantitative estimate of drug-likeness (QED) is 0.838. The first-order valence-electron chi connectivity index (χ1n) is 7.28. The topological polar surface area (TPSA) is 50.2 Å². The maximum Gasteiger partial charge on any atom is 0.224 e. The molecule has 0 aromatic carbocycles. The van der Waals surface area contributed by atoms with Gasteiger partial charge in [0.1, 0.15) is 0 Å². The summed E-state index contributed by atoms with van der Waals surface area (Å²) >= 11 is 0. The van der Waals surface area contributed by atoms with Crippen LogP contribution in [0.25, 0.3) is 0 Å². The van der Waals surface area contributed by atoms with E-state index in [4.69, 9.17) is 0 Å². The summed E-state index contributed by atoms with van der Waals surface area (Å²) in [5.74, 6) is 0.506. The highest BCUT2D eigenvalue weighted by molar-refractivity contribution is 5.82. The van der Waals surface area contributed by atoms with Crippen molar-refractivity contribution in [2.75, 3.05) is 19.6 Å². The first-order valence-corrected chi connectivity index (χ1v) is 7.28. The number of piperidine rings is 1. The number of amides is 1. The number of rotatable bonds is 3. The lowest BCUT2D eigenvalue weighted by Crippen LogP contribution is -2.54. The molecule has 2 aliphatic heterocycles. The summed E-state index contributed by atoms with van der Waals surface area (Å²) in [7, 11) is 1.93. The van der Waals surface area contributed by atoms with Crippen molar-refractivity contribution in [2.45, 2.75) is 30.7 Å². The van der Waals surface area contributed by atoms with Gasteiger partial charge in [-0.3, -0.25) is 9.48 Å². The number of likely N-dealkylation sites (tertiary alicyclic amines) is 1. The van der Waals surface area contributed by atoms with Crippen molar-refractivity contribution in [3.8, 4) is 0 Å². The molecule has 1 atom stereocenters. The smallest absolute Gasteiger partial charge is 0.224 e. The van der Waals surface area contributed by atoms with Gasteiger partial charge in [0.25, 0.3) is 0 Å². The summed E-state index contributed by atoms with van der Waals surface area (Å²) in [6, 6.07) is 0. The van der Waals surface area contributed by atoms with E-state index >= 15 is 0 Å². The SMILES string of the molecule is C=CCN1C(=O)CC(c2cnn(C)c2)C12CCNCC2. The van der Waals surface area contributed by atoms with Gasteiger partial charge in [0, 0.05) is 32.1 Å². The second-order valence-corrected chi connectivity index (χ2v) is 5.85. The first-order chi connectivity index (χ1) is 9.67. The van der Waals surface area contributed by atoms with Crippen LogP contribution in [0.2, 0.25) is 0 Å². The Hall–Kier alpha value is -1.62. The molecule has 3 rings (SSSR count). The first kappa shape index (κ1) is 13.4. The number of carbonyl (C=O) groups excluding carboxylic acids is 1. The molecule has 1 N–H and O–H groups in total. The molecule has 2 saturated heterocycles. The third-order valence-corrected chi connectivity index (χ3v) is 4.77. The molecule has 2 fully saturated rings. The normalized spacial score (nSPS) is 25.4. The second kappa shape index (κ2) is 5.05. The maximum atomic E-state index is 12.5. The van der Waals surface area contributed by atoms with Crippen molar-refractivity contribution >= 4 is 5.91 Å². The summed E-state index contributed by atoms with van der Waals surface area (Å²) in [4.78, 5) is 14.5. The number of hydrogen-bond acceptors (Lipinski definition) is 3. The Kier molecular flexibility index (Phi) is 3.38. The third-order valence-electron chi connectivity index (χ3n) is 4.77. The predicted molar refractivity (Wildman–Crippen MR) is 77.3 cm³/mol. The molecule has 108 valence electrons. The van der Waals surface area contributed by atoms with Crippen molar-refractivity contribution in [1.82, 2.24) is 20.0 Å². The highest BCUT2D eigenvalue weighted by Crippen LogP contribution is 2.47. The largest absolute Gasteiger partial charge is 0.333 e. The van der Waals surface area contributed by atoms with Crippen molar-refractivity contribution in [3.63, 3.8) is 0 Å². The van der Waals surface area contributed by atoms with Crippen LogP contribution in [0, 0.1) is 0 Å². The number of nitrogens with zero attached hydrogens (tertiary/aromatic N) is 3. The molecule has 1 unspecified atom stereocenters. The van der Waals surface area contributed by atoms with Crippen LogP contribution in [0.15, 0.2) is 25.0 Å². The minimum Gasteiger partial charge on any atom is -0.333 e. The molecule has 3 heterocycles. The van der Waals surface area contributed by atoms with Crippen LogP contribution in [0.1, 0.15) is 30.7 Å². The van der Waals surface area contributed by atoms with Crippen molar-refractivity contribution < 1.29 is 4.79 Å². The zero-order valence-electron chi connectivity index (χ0n) is 12.0. The Labute approximate surface area is 119 Å². The van der Waals surface area contributed by atoms with Crippen LogP contribution in [0.5, 0.6) is 0 Å². The van der Waals surface area contributed by atoms with Gasteiger partial charge in [-0.2, -0.15) is 5.10 Å². The molecule has 0 bridgehead atoms. The molecule has 5 nitrogen and oxygen atoms in total. The van der Waals surface area contributed by atoms with Gasteiger partial charge in [0.05, 0.1) is 11.7 Å². The third kappa shape index (κ3) is 1.97. The number of hydrogen-bond donors (Lipinski definition) is 1. The van der Waals surface area contributed by atoms with Gasteiger partial charge >= 0.3 is 0 Å². The van der Waals surface area contributed by atoms with Crippen LogP contribution in [-0.2, 0) is 11.8 Å². The molecular weight excluding hydrogens is 252 g/mol. The van der Waals surface area contributed by atoms with Gasteiger partial charge in [-0.05, 0) is 31.5 Å². The minimum absolute atomic E-state index is 0.0560. The van der Waals surface area contributed by atoms with Gasteiger partial charge < -0.3 is 10.2 Å². The Bertz CT molecular complexity index is 516. The lowest BCUT2D eigenvalue weighted by Gasteiger charge is -2.45. The number of carbonyl (C=O) groups is 1. The molecule has 1 spiro atoms. The zero-order chi connectivity index (χ0) is 14.2. The minimum atomic E-state index is -0.0560. The van der Waals surface area contributed by atoms with Gasteiger partial charge in [-0.1, -0.05) is 6.08 Å². The van der Waals surface area contributed by atoms with Gasteiger partial charge in [-0.15, -0.1) is 6.58 Å². The molecular formula is C15H22N4O. The Morgan fingerprint density at radius 2 is 2.30 bits per heavy atom. The van der Waals surface area contributed by atoms with Crippen molar-refractivity contribution in [2.24, 2.45) is 7.05 Å². The molecule has 1 amide bonds. The summed E-state index contributed by atoms with van der Waals surface area (Å²) in [5.41, 5.74) is 1.13. The summed E-state index contributed by atoms with van der Waals surface area (Å²) < 4.78 is 1.82. The zero-order valence-corrected chi connectivity index (χ0v) is 12.0. The van der Waals surface area contributed by atoms with Gasteiger partial charge in [-0.25, -0.2) is 0 Å². The molecule has 1 aromatic rings. The fourth-order valence-electron chi connectivity index (χ4n) is 3.85. The van der Waals surface area contributed by atoms with Crippen LogP contribution < -0.4 is 5.32 Å². The molecule has 0 aliphatic carbocycles. The highest BCUT2D eigenvalue weighted by atomic mass is 16.2. The summed E-state index contributed by atoms with van der Waals surface area (Å²) in [6.07, 6.45) is 8.42. The Morgan fingerprint density at radius 3 is 2.90 bits per heavy atom. The average molecular weight is 274 g/mol. The summed E-state index contributed by atoms with van der Waals surface area (Å²) in [6.45, 7) is 6.40. The van der Waals surface area contributed by atoms with Gasteiger partial charge in [0.15, 0.2) is 0 Å². The van der Waals surface area contributed by atoms with Crippen LogP contribution >= 0.6 is 0 Å². The molecule has 5 heteroatoms. The molecule has 20 heavy (non-hydrogen) atoms. The summed E-state index contributed by atoms with van der Waals surface area (Å²) in [5, 5.41) is 7.69. The highest BCUT2D eigenvalue weighted by Gasteiger charge is 2.53. The molecule has 0 saturated carbocycles. The molecule has 0 radical (unpaired) electrons. The van der Waals surface area contributed by atoms with Crippen LogP contribution in [0.3, 0.4) is 0 Å². The molecule has 2 aliphatic rings. The van der Waals surface area contributed by atoms with Crippen molar-refractivity contribution in [3.05, 3.63) is 30.6 Å². The van der Waals surface area contributed by atoms with Crippen molar-refractivity contribution in [1.29, 1.82) is 0 Å². The van der Waals surface area contributed by atoms with Crippen LogP contribution in [-0.4, -0.2) is 45.8 Å². The van der Waals surface area contributed by atoms with Gasteiger partial charge in [0.2, 0.25) is 5.91 Å². The van der Waals surface area contributed by atoms with E-state index in [2.05, 4.69) is 28.1 Å². The number of nitrogens with one attached hydrogen (secondary N) is 1. The Balaban J connectivity index is 1.99. The van der Waals surface area contributed by atoms with E-state index in [1.807, 2.05) is 24.0 Å². The van der Waals surface area contributed by atoms with Crippen LogP contribution in [0.4, 0.5) is 0 Å². The van der Waals surface area contributed by atoms with E-state index in [-0.39, 0.29) is 17.4 Å². The van der Waals surface area contributed by atoms with E-state index in [0.29, 0.717) is 13.0 Å². The fraction of sp³-hybridized carbons (Fsp3) is 0.600. The second-order valence-electron chi connectivity index (χ2n) is 5.85. The van der Waals surface area contributed by atoms with E-state index in [1.54, 1.807) is 0 Å². The monoisotopic (exact) mass is 274 g/mol. The number of aromatic nitrogens is 2. The molecule has 1 aromatic heterocycles. The van der Waals surface area contributed by atoms with E-state index in [9.17, 15) is 4.79 Å². The number of aryl methyl sites for hydroxylation is 1. The lowest BCUT2D eigenvalue weighted by molar-refractivity contribution is -0.131. The average Bonchev–Trinajstić information content (AvgIpc) is 2.97. The van der Waals surface area contributed by atoms with E-state index in [0.717, 1.165) is 25.9 Å². The van der Waals surface area contributed by atoms with E-state index in [1.165, 1.54) is 5.56 Å². The maximum absolute atomic E-state index is 12.5. The Morgan fingerprint density at radius 1 is 1.55 bits per heavy atom. The van der Waals surface area contributed by atoms with E-state index < -0.39 is 0 Å². The standard InChI is InChI=1S/C15H22N4O/c1-3-8-19-14(20)9-13(12-10-17-18(2)11-12)15(19)4-6-16-7-5-15/h3,10-11,13,16H,1,4-9H2,2H3. The predicted octanol–water partition coefficient (Wildman–Crippen LogP) is 1.04. The lowest BCUT2D eigenvalue weighted by atomic mass is 9.75. The fourth-order valence-corrected chi connectivity index (χ4v) is 3.85.